The summed E-state index contributed by atoms with van der Waals surface area (Å²) in [7, 11) is -4.53. The van der Waals surface area contributed by atoms with E-state index in [-0.39, 0.29) is 12.3 Å². The Balaban J connectivity index is 1.60. The number of furan rings is 1. The monoisotopic (exact) mass is 325 g/mol. The summed E-state index contributed by atoms with van der Waals surface area (Å²) in [5.74, 6) is -1.13. The van der Waals surface area contributed by atoms with Crippen molar-refractivity contribution in [2.75, 3.05) is 18.8 Å². The van der Waals surface area contributed by atoms with Crippen molar-refractivity contribution in [3.63, 3.8) is 0 Å². The molecule has 2 heterocycles. The molecule has 1 aliphatic heterocycles. The molecule has 2 aromatic rings. The van der Waals surface area contributed by atoms with Crippen LogP contribution in [0.3, 0.4) is 0 Å². The molecule has 0 radical (unpaired) electrons. The molecule has 5 nitrogen and oxygen atoms in total. The number of carbonyl (C=O) groups excluding carboxylic acids is 1. The van der Waals surface area contributed by atoms with Crippen molar-refractivity contribution in [2.45, 2.75) is 12.8 Å². The minimum absolute atomic E-state index is 0.101. The van der Waals surface area contributed by atoms with Gasteiger partial charge in [0.25, 0.3) is 0 Å². The summed E-state index contributed by atoms with van der Waals surface area (Å²) in [5.41, 5.74) is 1.89. The molecule has 22 heavy (non-hydrogen) atoms. The van der Waals surface area contributed by atoms with E-state index in [1.165, 1.54) is 0 Å². The van der Waals surface area contributed by atoms with E-state index in [1.54, 1.807) is 11.2 Å². The molecule has 7 heteroatoms. The smallest absolute Gasteiger partial charge is 0.302 e. The first-order valence-electron chi connectivity index (χ1n) is 7.07. The molecule has 1 saturated heterocycles. The van der Waals surface area contributed by atoms with Crippen molar-refractivity contribution in [1.82, 2.24) is 4.90 Å². The molecule has 1 unspecified atom stereocenters. The predicted octanol–water partition coefficient (Wildman–Crippen LogP) is 2.12. The largest absolute Gasteiger partial charge is 0.464 e. The Morgan fingerprint density at radius 3 is 2.91 bits per heavy atom. The van der Waals surface area contributed by atoms with Crippen LogP contribution in [0.4, 0.5) is 3.89 Å². The maximum absolute atomic E-state index is 12.7. The van der Waals surface area contributed by atoms with Crippen LogP contribution in [-0.4, -0.2) is 38.1 Å². The first kappa shape index (κ1) is 15.0. The average molecular weight is 325 g/mol. The van der Waals surface area contributed by atoms with Gasteiger partial charge in [-0.1, -0.05) is 6.07 Å². The predicted molar refractivity (Wildman–Crippen MR) is 79.5 cm³/mol. The van der Waals surface area contributed by atoms with E-state index in [2.05, 4.69) is 0 Å². The lowest BCUT2D eigenvalue weighted by Crippen LogP contribution is -2.28. The molecule has 3 rings (SSSR count). The van der Waals surface area contributed by atoms with Crippen molar-refractivity contribution < 1.29 is 21.5 Å². The lowest BCUT2D eigenvalue weighted by molar-refractivity contribution is -0.127. The first-order valence-corrected chi connectivity index (χ1v) is 8.62. The zero-order chi connectivity index (χ0) is 15.7. The summed E-state index contributed by atoms with van der Waals surface area (Å²) >= 11 is 0. The number of halogens is 1. The summed E-state index contributed by atoms with van der Waals surface area (Å²) < 4.78 is 39.3. The second-order valence-corrected chi connectivity index (χ2v) is 7.07. The van der Waals surface area contributed by atoms with Crippen LogP contribution in [0, 0.1) is 5.92 Å². The van der Waals surface area contributed by atoms with E-state index in [9.17, 15) is 17.1 Å². The quantitative estimate of drug-likeness (QED) is 0.790. The van der Waals surface area contributed by atoms with Crippen LogP contribution in [0.15, 0.2) is 34.9 Å². The van der Waals surface area contributed by atoms with Crippen molar-refractivity contribution in [1.29, 1.82) is 0 Å². The second kappa shape index (κ2) is 5.72. The molecule has 1 amide bonds. The molecule has 1 aliphatic rings. The number of hydrogen-bond acceptors (Lipinski definition) is 4. The topological polar surface area (TPSA) is 67.6 Å². The summed E-state index contributed by atoms with van der Waals surface area (Å²) in [6.07, 6.45) is 2.40. The van der Waals surface area contributed by atoms with E-state index < -0.39 is 21.9 Å². The number of hydrogen-bond donors (Lipinski definition) is 0. The Morgan fingerprint density at radius 1 is 1.32 bits per heavy atom. The maximum atomic E-state index is 12.7. The van der Waals surface area contributed by atoms with Gasteiger partial charge in [-0.3, -0.25) is 4.79 Å². The molecule has 118 valence electrons. The Bertz CT molecular complexity index is 799. The Labute approximate surface area is 127 Å². The fourth-order valence-corrected chi connectivity index (χ4v) is 3.69. The minimum atomic E-state index is -4.53. The molecule has 1 aromatic heterocycles. The maximum Gasteiger partial charge on any atom is 0.302 e. The zero-order valence-electron chi connectivity index (χ0n) is 11.9. The van der Waals surface area contributed by atoms with E-state index >= 15 is 0 Å². The second-order valence-electron chi connectivity index (χ2n) is 5.66. The molecule has 0 bridgehead atoms. The molecular formula is C15H16FNO4S. The normalized spacial score (nSPS) is 19.2. The van der Waals surface area contributed by atoms with Crippen LogP contribution in [0.2, 0.25) is 0 Å². The Kier molecular flexibility index (Phi) is 3.90. The summed E-state index contributed by atoms with van der Waals surface area (Å²) in [4.78, 5) is 13.5. The number of fused-ring (bicyclic) bond motifs is 1. The van der Waals surface area contributed by atoms with Crippen LogP contribution in [0.5, 0.6) is 0 Å². The van der Waals surface area contributed by atoms with Gasteiger partial charge in [0, 0.05) is 30.8 Å². The van der Waals surface area contributed by atoms with Gasteiger partial charge in [0.15, 0.2) is 0 Å². The number of nitrogens with zero attached hydrogens (tertiary/aromatic N) is 1. The average Bonchev–Trinajstić information content (AvgIpc) is 3.00. The van der Waals surface area contributed by atoms with Gasteiger partial charge < -0.3 is 9.32 Å². The zero-order valence-corrected chi connectivity index (χ0v) is 12.7. The highest BCUT2D eigenvalue weighted by atomic mass is 32.3. The number of benzene rings is 1. The SMILES string of the molecule is O=C1CC(CS(=O)(=O)F)CN1CCc1ccc2occc2c1. The molecule has 0 aliphatic carbocycles. The third-order valence-electron chi connectivity index (χ3n) is 3.92. The lowest BCUT2D eigenvalue weighted by Gasteiger charge is -2.16. The molecular weight excluding hydrogens is 309 g/mol. The van der Waals surface area contributed by atoms with Gasteiger partial charge in [-0.05, 0) is 30.2 Å². The highest BCUT2D eigenvalue weighted by Crippen LogP contribution is 2.21. The fourth-order valence-electron chi connectivity index (χ4n) is 2.90. The Morgan fingerprint density at radius 2 is 2.14 bits per heavy atom. The summed E-state index contributed by atoms with van der Waals surface area (Å²) in [6.45, 7) is 0.807. The van der Waals surface area contributed by atoms with Crippen LogP contribution in [-0.2, 0) is 21.4 Å². The highest BCUT2D eigenvalue weighted by molar-refractivity contribution is 7.86. The molecule has 1 atom stereocenters. The van der Waals surface area contributed by atoms with Crippen molar-refractivity contribution in [3.05, 3.63) is 36.1 Å². The third-order valence-corrected chi connectivity index (χ3v) is 4.79. The number of likely N-dealkylation sites (tertiary alicyclic amines) is 1. The van der Waals surface area contributed by atoms with Gasteiger partial charge >= 0.3 is 10.2 Å². The fraction of sp³-hybridized carbons (Fsp3) is 0.400. The number of rotatable bonds is 5. The standard InChI is InChI=1S/C15H16FNO4S/c16-22(19,20)10-12-8-15(18)17(9-12)5-3-11-1-2-14-13(7-11)4-6-21-14/h1-2,4,6-7,12H,3,5,8-10H2. The van der Waals surface area contributed by atoms with Crippen LogP contribution in [0.1, 0.15) is 12.0 Å². The van der Waals surface area contributed by atoms with E-state index in [4.69, 9.17) is 4.42 Å². The van der Waals surface area contributed by atoms with Gasteiger partial charge in [-0.15, -0.1) is 3.89 Å². The molecule has 1 fully saturated rings. The van der Waals surface area contributed by atoms with E-state index in [0.717, 1.165) is 16.5 Å². The lowest BCUT2D eigenvalue weighted by atomic mass is 10.1. The first-order chi connectivity index (χ1) is 10.4. The van der Waals surface area contributed by atoms with E-state index in [1.807, 2.05) is 24.3 Å². The number of carbonyl (C=O) groups is 1. The van der Waals surface area contributed by atoms with E-state index in [0.29, 0.717) is 19.5 Å². The van der Waals surface area contributed by atoms with Crippen molar-refractivity contribution in [3.8, 4) is 0 Å². The van der Waals surface area contributed by atoms with Gasteiger partial charge in [-0.2, -0.15) is 8.42 Å². The van der Waals surface area contributed by atoms with Crippen LogP contribution < -0.4 is 0 Å². The number of amides is 1. The third kappa shape index (κ3) is 3.47. The summed E-state index contributed by atoms with van der Waals surface area (Å²) in [5, 5.41) is 1.01. The molecule has 0 saturated carbocycles. The van der Waals surface area contributed by atoms with Crippen molar-refractivity contribution in [2.24, 2.45) is 5.92 Å². The Hall–Kier alpha value is -1.89. The van der Waals surface area contributed by atoms with Crippen LogP contribution in [0.25, 0.3) is 11.0 Å². The minimum Gasteiger partial charge on any atom is -0.464 e. The van der Waals surface area contributed by atoms with Gasteiger partial charge in [0.1, 0.15) is 5.58 Å². The molecule has 0 N–H and O–H groups in total. The summed E-state index contributed by atoms with van der Waals surface area (Å²) in [6, 6.07) is 7.70. The van der Waals surface area contributed by atoms with Crippen LogP contribution >= 0.6 is 0 Å². The molecule has 1 aromatic carbocycles. The van der Waals surface area contributed by atoms with Gasteiger partial charge in [0.05, 0.1) is 12.0 Å². The van der Waals surface area contributed by atoms with Gasteiger partial charge in [0.2, 0.25) is 5.91 Å². The van der Waals surface area contributed by atoms with Crippen molar-refractivity contribution >= 4 is 27.1 Å². The molecule has 0 spiro atoms. The highest BCUT2D eigenvalue weighted by Gasteiger charge is 2.32. The van der Waals surface area contributed by atoms with Gasteiger partial charge in [-0.25, -0.2) is 0 Å².